The van der Waals surface area contributed by atoms with Crippen LogP contribution in [0.15, 0.2) is 33.2 Å². The Hall–Kier alpha value is -3.16. The molecule has 22 heavy (non-hydrogen) atoms. The topological polar surface area (TPSA) is 110 Å². The number of aryl methyl sites for hydroxylation is 2. The molecule has 0 aliphatic carbocycles. The number of carbonyl (C=O) groups excluding carboxylic acids is 2. The predicted octanol–water partition coefficient (Wildman–Crippen LogP) is 2.01. The molecule has 0 aliphatic heterocycles. The third-order valence-corrected chi connectivity index (χ3v) is 2.83. The molecule has 0 aliphatic rings. The van der Waals surface area contributed by atoms with Gasteiger partial charge in [0.15, 0.2) is 17.3 Å². The van der Waals surface area contributed by atoms with E-state index < -0.39 is 11.8 Å². The van der Waals surface area contributed by atoms with Gasteiger partial charge in [0.2, 0.25) is 0 Å². The molecule has 0 fully saturated rings. The van der Waals surface area contributed by atoms with E-state index in [0.717, 1.165) is 0 Å². The number of oxazole rings is 1. The summed E-state index contributed by atoms with van der Waals surface area (Å²) in [5, 5.41) is 8.39. The van der Waals surface area contributed by atoms with Gasteiger partial charge < -0.3 is 14.3 Å². The molecule has 2 aromatic heterocycles. The molecule has 0 atom stereocenters. The molecule has 3 rings (SSSR count). The number of benzene rings is 1. The first-order valence-corrected chi connectivity index (χ1v) is 6.44. The van der Waals surface area contributed by atoms with Crippen molar-refractivity contribution in [1.29, 1.82) is 0 Å². The first kappa shape index (κ1) is 13.8. The summed E-state index contributed by atoms with van der Waals surface area (Å²) in [5.41, 5.74) is 1.65. The van der Waals surface area contributed by atoms with Crippen LogP contribution in [0.2, 0.25) is 0 Å². The van der Waals surface area contributed by atoms with Gasteiger partial charge in [0.05, 0.1) is 0 Å². The molecule has 0 saturated carbocycles. The molecule has 0 saturated heterocycles. The first-order chi connectivity index (χ1) is 10.5. The molecule has 0 bridgehead atoms. The Labute approximate surface area is 124 Å². The van der Waals surface area contributed by atoms with Gasteiger partial charge in [-0.15, -0.1) is 0 Å². The van der Waals surface area contributed by atoms with Crippen LogP contribution in [-0.4, -0.2) is 22.0 Å². The zero-order chi connectivity index (χ0) is 15.7. The summed E-state index contributed by atoms with van der Waals surface area (Å²) in [6.07, 6.45) is 0. The van der Waals surface area contributed by atoms with Gasteiger partial charge in [0.1, 0.15) is 11.3 Å². The van der Waals surface area contributed by atoms with Crippen molar-refractivity contribution in [3.8, 4) is 0 Å². The van der Waals surface area contributed by atoms with Crippen LogP contribution in [0.1, 0.15) is 11.7 Å². The second-order valence-electron chi connectivity index (χ2n) is 4.65. The summed E-state index contributed by atoms with van der Waals surface area (Å²) in [6.45, 7) is 3.41. The van der Waals surface area contributed by atoms with Crippen molar-refractivity contribution in [3.05, 3.63) is 35.9 Å². The summed E-state index contributed by atoms with van der Waals surface area (Å²) in [7, 11) is 0. The Morgan fingerprint density at radius 1 is 1.09 bits per heavy atom. The number of anilines is 2. The Morgan fingerprint density at radius 2 is 1.86 bits per heavy atom. The summed E-state index contributed by atoms with van der Waals surface area (Å²) in [4.78, 5) is 27.7. The molecule has 1 aromatic carbocycles. The van der Waals surface area contributed by atoms with Crippen molar-refractivity contribution in [2.24, 2.45) is 0 Å². The second-order valence-corrected chi connectivity index (χ2v) is 4.65. The molecule has 8 heteroatoms. The van der Waals surface area contributed by atoms with Gasteiger partial charge in [-0.1, -0.05) is 5.16 Å². The molecule has 8 nitrogen and oxygen atoms in total. The van der Waals surface area contributed by atoms with Gasteiger partial charge in [-0.3, -0.25) is 14.9 Å². The number of nitrogens with zero attached hydrogens (tertiary/aromatic N) is 2. The van der Waals surface area contributed by atoms with Crippen molar-refractivity contribution in [2.75, 3.05) is 10.6 Å². The normalized spacial score (nSPS) is 10.6. The number of hydrogen-bond acceptors (Lipinski definition) is 6. The SMILES string of the molecule is Cc1cc(NC(=O)C(=O)Nc2ccc3oc(C)nc3c2)no1. The predicted molar refractivity (Wildman–Crippen MR) is 77.2 cm³/mol. The van der Waals surface area contributed by atoms with Crippen molar-refractivity contribution in [1.82, 2.24) is 10.1 Å². The van der Waals surface area contributed by atoms with E-state index in [2.05, 4.69) is 20.8 Å². The highest BCUT2D eigenvalue weighted by Crippen LogP contribution is 2.19. The molecule has 0 radical (unpaired) electrons. The molecule has 0 unspecified atom stereocenters. The minimum absolute atomic E-state index is 0.181. The molecular formula is C14H12N4O4. The van der Waals surface area contributed by atoms with E-state index in [-0.39, 0.29) is 5.82 Å². The highest BCUT2D eigenvalue weighted by molar-refractivity contribution is 6.43. The number of nitrogens with one attached hydrogen (secondary N) is 2. The molecule has 2 heterocycles. The van der Waals surface area contributed by atoms with Crippen LogP contribution < -0.4 is 10.6 Å². The molecular weight excluding hydrogens is 288 g/mol. The van der Waals surface area contributed by atoms with Crippen LogP contribution in [0.3, 0.4) is 0 Å². The minimum atomic E-state index is -0.843. The third kappa shape index (κ3) is 2.80. The van der Waals surface area contributed by atoms with E-state index in [9.17, 15) is 9.59 Å². The Balaban J connectivity index is 1.70. The quantitative estimate of drug-likeness (QED) is 0.700. The lowest BCUT2D eigenvalue weighted by Crippen LogP contribution is -2.29. The second kappa shape index (κ2) is 5.32. The van der Waals surface area contributed by atoms with Crippen LogP contribution >= 0.6 is 0 Å². The summed E-state index contributed by atoms with van der Waals surface area (Å²) in [5.74, 6) is -0.426. The van der Waals surface area contributed by atoms with E-state index in [0.29, 0.717) is 28.4 Å². The number of hydrogen-bond donors (Lipinski definition) is 2. The Morgan fingerprint density at radius 3 is 2.59 bits per heavy atom. The first-order valence-electron chi connectivity index (χ1n) is 6.44. The zero-order valence-corrected chi connectivity index (χ0v) is 11.8. The highest BCUT2D eigenvalue weighted by Gasteiger charge is 2.16. The largest absolute Gasteiger partial charge is 0.441 e. The monoisotopic (exact) mass is 300 g/mol. The van der Waals surface area contributed by atoms with E-state index >= 15 is 0 Å². The Bertz CT molecular complexity index is 865. The number of fused-ring (bicyclic) bond motifs is 1. The molecule has 2 N–H and O–H groups in total. The summed E-state index contributed by atoms with van der Waals surface area (Å²) < 4.78 is 10.1. The average Bonchev–Trinajstić information content (AvgIpc) is 3.03. The summed E-state index contributed by atoms with van der Waals surface area (Å²) >= 11 is 0. The maximum atomic E-state index is 11.8. The Kier molecular flexibility index (Phi) is 3.34. The van der Waals surface area contributed by atoms with Crippen molar-refractivity contribution in [2.45, 2.75) is 13.8 Å². The van der Waals surface area contributed by atoms with Crippen molar-refractivity contribution >= 4 is 34.4 Å². The van der Waals surface area contributed by atoms with E-state index in [4.69, 9.17) is 8.94 Å². The van der Waals surface area contributed by atoms with Gasteiger partial charge in [0, 0.05) is 18.7 Å². The fourth-order valence-electron chi connectivity index (χ4n) is 1.91. The molecule has 3 aromatic rings. The smallest absolute Gasteiger partial charge is 0.315 e. The zero-order valence-electron chi connectivity index (χ0n) is 11.8. The van der Waals surface area contributed by atoms with Gasteiger partial charge in [-0.05, 0) is 25.1 Å². The highest BCUT2D eigenvalue weighted by atomic mass is 16.5. The van der Waals surface area contributed by atoms with Crippen LogP contribution in [0.25, 0.3) is 11.1 Å². The van der Waals surface area contributed by atoms with Gasteiger partial charge in [-0.2, -0.15) is 0 Å². The van der Waals surface area contributed by atoms with E-state index in [1.807, 2.05) is 0 Å². The number of aromatic nitrogens is 2. The van der Waals surface area contributed by atoms with Crippen LogP contribution in [-0.2, 0) is 9.59 Å². The van der Waals surface area contributed by atoms with Gasteiger partial charge in [-0.25, -0.2) is 4.98 Å². The maximum Gasteiger partial charge on any atom is 0.315 e. The lowest BCUT2D eigenvalue weighted by molar-refractivity contribution is -0.133. The molecule has 2 amide bonds. The van der Waals surface area contributed by atoms with Crippen molar-refractivity contribution < 1.29 is 18.5 Å². The lowest BCUT2D eigenvalue weighted by atomic mass is 10.3. The van der Waals surface area contributed by atoms with Crippen LogP contribution in [0.5, 0.6) is 0 Å². The van der Waals surface area contributed by atoms with Gasteiger partial charge in [0.25, 0.3) is 0 Å². The van der Waals surface area contributed by atoms with Crippen molar-refractivity contribution in [3.63, 3.8) is 0 Å². The van der Waals surface area contributed by atoms with Crippen LogP contribution in [0, 0.1) is 13.8 Å². The van der Waals surface area contributed by atoms with Gasteiger partial charge >= 0.3 is 11.8 Å². The van der Waals surface area contributed by atoms with E-state index in [1.165, 1.54) is 6.07 Å². The summed E-state index contributed by atoms with van der Waals surface area (Å²) in [6, 6.07) is 6.43. The standard InChI is InChI=1S/C14H12N4O4/c1-7-5-12(18-22-7)17-14(20)13(19)16-9-3-4-11-10(6-9)15-8(2)21-11/h3-6H,1-2H3,(H,16,19)(H,17,18,20). The number of rotatable bonds is 2. The minimum Gasteiger partial charge on any atom is -0.441 e. The maximum absolute atomic E-state index is 11.8. The molecule has 0 spiro atoms. The third-order valence-electron chi connectivity index (χ3n) is 2.83. The van der Waals surface area contributed by atoms with Crippen LogP contribution in [0.4, 0.5) is 11.5 Å². The number of carbonyl (C=O) groups is 2. The fraction of sp³-hybridized carbons (Fsp3) is 0.143. The number of amides is 2. The average molecular weight is 300 g/mol. The molecule has 112 valence electrons. The fourth-order valence-corrected chi connectivity index (χ4v) is 1.91. The van der Waals surface area contributed by atoms with E-state index in [1.54, 1.807) is 32.0 Å². The lowest BCUT2D eigenvalue weighted by Gasteiger charge is -2.04.